The summed E-state index contributed by atoms with van der Waals surface area (Å²) >= 11 is 0. The van der Waals surface area contributed by atoms with Gasteiger partial charge in [-0.2, -0.15) is 0 Å². The molecule has 0 aliphatic rings. The van der Waals surface area contributed by atoms with Gasteiger partial charge in [-0.1, -0.05) is 12.1 Å². The van der Waals surface area contributed by atoms with Gasteiger partial charge in [-0.3, -0.25) is 4.79 Å². The van der Waals surface area contributed by atoms with Gasteiger partial charge in [0.05, 0.1) is 31.1 Å². The van der Waals surface area contributed by atoms with Crippen LogP contribution in [-0.4, -0.2) is 36.8 Å². The van der Waals surface area contributed by atoms with Crippen molar-refractivity contribution in [2.24, 2.45) is 0 Å². The summed E-state index contributed by atoms with van der Waals surface area (Å²) in [5, 5.41) is 11.7. The van der Waals surface area contributed by atoms with Crippen LogP contribution < -0.4 is 14.8 Å². The van der Waals surface area contributed by atoms with Gasteiger partial charge in [-0.05, 0) is 43.7 Å². The number of esters is 1. The van der Waals surface area contributed by atoms with E-state index in [9.17, 15) is 9.59 Å². The minimum absolute atomic E-state index is 0.110. The molecule has 7 heteroatoms. The first kappa shape index (κ1) is 20.3. The molecule has 144 valence electrons. The summed E-state index contributed by atoms with van der Waals surface area (Å²) in [6.45, 7) is 4.09. The number of anilines is 1. The van der Waals surface area contributed by atoms with Gasteiger partial charge in [-0.15, -0.1) is 0 Å². The number of ether oxygens (including phenoxy) is 3. The fourth-order valence-corrected chi connectivity index (χ4v) is 2.29. The summed E-state index contributed by atoms with van der Waals surface area (Å²) < 4.78 is 15.9. The zero-order valence-corrected chi connectivity index (χ0v) is 15.4. The van der Waals surface area contributed by atoms with Crippen molar-refractivity contribution in [3.8, 4) is 11.5 Å². The number of hydrogen-bond acceptors (Lipinski definition) is 6. The lowest BCUT2D eigenvalue weighted by molar-refractivity contribution is -0.119. The number of benzene rings is 2. The highest BCUT2D eigenvalue weighted by atomic mass is 16.5. The van der Waals surface area contributed by atoms with E-state index in [-0.39, 0.29) is 6.61 Å². The van der Waals surface area contributed by atoms with E-state index in [0.29, 0.717) is 41.5 Å². The molecular formula is C20H23NO6. The van der Waals surface area contributed by atoms with Crippen molar-refractivity contribution in [3.05, 3.63) is 53.6 Å². The lowest BCUT2D eigenvalue weighted by Gasteiger charge is -2.13. The second-order valence-corrected chi connectivity index (χ2v) is 5.50. The summed E-state index contributed by atoms with van der Waals surface area (Å²) in [6, 6.07) is 11.4. The van der Waals surface area contributed by atoms with Gasteiger partial charge in [0.15, 0.2) is 6.61 Å². The van der Waals surface area contributed by atoms with Crippen molar-refractivity contribution in [1.29, 1.82) is 0 Å². The standard InChI is InChI=1S/C20H23NO6/c1-3-25-16-9-10-18(26-4-2)17(11-16)21-19(23)13-27-20(24)15-7-5-14(12-22)6-8-15/h5-11,22H,3-4,12-13H2,1-2H3,(H,21,23). The summed E-state index contributed by atoms with van der Waals surface area (Å²) in [6.07, 6.45) is 0. The van der Waals surface area contributed by atoms with E-state index in [1.807, 2.05) is 13.8 Å². The Bertz CT molecular complexity index is 773. The van der Waals surface area contributed by atoms with Crippen LogP contribution in [0.1, 0.15) is 29.8 Å². The Balaban J connectivity index is 1.97. The molecule has 2 aromatic rings. The third kappa shape index (κ3) is 6.00. The van der Waals surface area contributed by atoms with Crippen molar-refractivity contribution in [3.63, 3.8) is 0 Å². The molecule has 1 amide bonds. The maximum atomic E-state index is 12.2. The van der Waals surface area contributed by atoms with Gasteiger partial charge in [0.1, 0.15) is 11.5 Å². The van der Waals surface area contributed by atoms with Crippen molar-refractivity contribution in [1.82, 2.24) is 0 Å². The highest BCUT2D eigenvalue weighted by Crippen LogP contribution is 2.29. The van der Waals surface area contributed by atoms with E-state index in [0.717, 1.165) is 0 Å². The van der Waals surface area contributed by atoms with Gasteiger partial charge >= 0.3 is 5.97 Å². The van der Waals surface area contributed by atoms with E-state index in [1.54, 1.807) is 30.3 Å². The number of aliphatic hydroxyl groups is 1. The largest absolute Gasteiger partial charge is 0.494 e. The van der Waals surface area contributed by atoms with Crippen molar-refractivity contribution in [2.75, 3.05) is 25.1 Å². The highest BCUT2D eigenvalue weighted by molar-refractivity contribution is 5.96. The van der Waals surface area contributed by atoms with Crippen LogP contribution in [0.25, 0.3) is 0 Å². The molecule has 0 heterocycles. The molecule has 0 aliphatic heterocycles. The molecule has 0 unspecified atom stereocenters. The molecule has 2 rings (SSSR count). The Labute approximate surface area is 157 Å². The quantitative estimate of drug-likeness (QED) is 0.657. The molecule has 7 nitrogen and oxygen atoms in total. The van der Waals surface area contributed by atoms with Crippen LogP contribution in [0.5, 0.6) is 11.5 Å². The first-order valence-electron chi connectivity index (χ1n) is 8.63. The SMILES string of the molecule is CCOc1ccc(OCC)c(NC(=O)COC(=O)c2ccc(CO)cc2)c1. The Morgan fingerprint density at radius 3 is 2.33 bits per heavy atom. The normalized spacial score (nSPS) is 10.2. The summed E-state index contributed by atoms with van der Waals surface area (Å²) in [5.41, 5.74) is 1.42. The molecule has 0 aliphatic carbocycles. The zero-order chi connectivity index (χ0) is 19.6. The van der Waals surface area contributed by atoms with Gasteiger partial charge in [-0.25, -0.2) is 4.79 Å². The van der Waals surface area contributed by atoms with Crippen LogP contribution in [0.15, 0.2) is 42.5 Å². The van der Waals surface area contributed by atoms with E-state index in [1.165, 1.54) is 12.1 Å². The predicted octanol–water partition coefficient (Wildman–Crippen LogP) is 2.77. The lowest BCUT2D eigenvalue weighted by Crippen LogP contribution is -2.21. The van der Waals surface area contributed by atoms with Crippen molar-refractivity contribution >= 4 is 17.6 Å². The van der Waals surface area contributed by atoms with Crippen LogP contribution in [0, 0.1) is 0 Å². The minimum atomic E-state index is -0.622. The Kier molecular flexibility index (Phi) is 7.63. The molecule has 0 aromatic heterocycles. The average Bonchev–Trinajstić information content (AvgIpc) is 2.68. The van der Waals surface area contributed by atoms with Crippen molar-refractivity contribution in [2.45, 2.75) is 20.5 Å². The molecular weight excluding hydrogens is 350 g/mol. The number of nitrogens with one attached hydrogen (secondary N) is 1. The van der Waals surface area contributed by atoms with E-state index < -0.39 is 18.5 Å². The van der Waals surface area contributed by atoms with Crippen LogP contribution in [-0.2, 0) is 16.1 Å². The molecule has 0 bridgehead atoms. The number of rotatable bonds is 9. The maximum Gasteiger partial charge on any atom is 0.338 e. The summed E-state index contributed by atoms with van der Waals surface area (Å²) in [7, 11) is 0. The monoisotopic (exact) mass is 373 g/mol. The number of carbonyl (C=O) groups excluding carboxylic acids is 2. The maximum absolute atomic E-state index is 12.2. The smallest absolute Gasteiger partial charge is 0.338 e. The minimum Gasteiger partial charge on any atom is -0.494 e. The fraction of sp³-hybridized carbons (Fsp3) is 0.300. The number of hydrogen-bond donors (Lipinski definition) is 2. The first-order chi connectivity index (χ1) is 13.1. The Morgan fingerprint density at radius 1 is 1.00 bits per heavy atom. The van der Waals surface area contributed by atoms with E-state index in [2.05, 4.69) is 5.32 Å². The second-order valence-electron chi connectivity index (χ2n) is 5.50. The van der Waals surface area contributed by atoms with Gasteiger partial charge in [0.2, 0.25) is 0 Å². The molecule has 0 saturated heterocycles. The van der Waals surface area contributed by atoms with Gasteiger partial charge in [0.25, 0.3) is 5.91 Å². The summed E-state index contributed by atoms with van der Waals surface area (Å²) in [5.74, 6) is -0.0230. The summed E-state index contributed by atoms with van der Waals surface area (Å²) in [4.78, 5) is 24.2. The Hall–Kier alpha value is -3.06. The zero-order valence-electron chi connectivity index (χ0n) is 15.4. The van der Waals surface area contributed by atoms with Crippen molar-refractivity contribution < 1.29 is 28.9 Å². The first-order valence-corrected chi connectivity index (χ1v) is 8.63. The average molecular weight is 373 g/mol. The fourth-order valence-electron chi connectivity index (χ4n) is 2.29. The molecule has 2 aromatic carbocycles. The van der Waals surface area contributed by atoms with Crippen LogP contribution >= 0.6 is 0 Å². The number of aliphatic hydroxyl groups excluding tert-OH is 1. The third-order valence-corrected chi connectivity index (χ3v) is 3.54. The Morgan fingerprint density at radius 2 is 1.70 bits per heavy atom. The lowest BCUT2D eigenvalue weighted by atomic mass is 10.1. The van der Waals surface area contributed by atoms with Crippen LogP contribution in [0.2, 0.25) is 0 Å². The molecule has 0 fully saturated rings. The molecule has 2 N–H and O–H groups in total. The molecule has 0 spiro atoms. The highest BCUT2D eigenvalue weighted by Gasteiger charge is 2.13. The van der Waals surface area contributed by atoms with Gasteiger partial charge in [0, 0.05) is 6.07 Å². The van der Waals surface area contributed by atoms with E-state index >= 15 is 0 Å². The van der Waals surface area contributed by atoms with Crippen LogP contribution in [0.4, 0.5) is 5.69 Å². The third-order valence-electron chi connectivity index (χ3n) is 3.54. The second kappa shape index (κ2) is 10.2. The number of amides is 1. The molecule has 0 saturated carbocycles. The molecule has 0 atom stereocenters. The molecule has 0 radical (unpaired) electrons. The predicted molar refractivity (Wildman–Crippen MR) is 100 cm³/mol. The van der Waals surface area contributed by atoms with E-state index in [4.69, 9.17) is 19.3 Å². The number of carbonyl (C=O) groups is 2. The molecule has 27 heavy (non-hydrogen) atoms. The van der Waals surface area contributed by atoms with Gasteiger partial charge < -0.3 is 24.6 Å². The topological polar surface area (TPSA) is 94.1 Å². The van der Waals surface area contributed by atoms with Crippen LogP contribution in [0.3, 0.4) is 0 Å².